The van der Waals surface area contributed by atoms with Crippen LogP contribution in [0.4, 0.5) is 0 Å². The molecule has 1 heteroatoms. The summed E-state index contributed by atoms with van der Waals surface area (Å²) in [6, 6.07) is 92.1. The maximum atomic E-state index is 3.90. The molecule has 1 aromatic heterocycles. The zero-order chi connectivity index (χ0) is 49.3. The molecule has 0 amide bonds. The molecule has 11 aromatic rings. The van der Waals surface area contributed by atoms with E-state index in [-0.39, 0.29) is 0 Å². The smallest absolute Gasteiger partial charge is 0.0714 e. The van der Waals surface area contributed by atoms with E-state index >= 15 is 0 Å². The van der Waals surface area contributed by atoms with Crippen molar-refractivity contribution in [1.82, 2.24) is 4.57 Å². The molecule has 0 radical (unpaired) electrons. The summed E-state index contributed by atoms with van der Waals surface area (Å²) in [5.41, 5.74) is 21.1. The van der Waals surface area contributed by atoms with E-state index in [2.05, 4.69) is 275 Å². The number of aromatic nitrogens is 1. The van der Waals surface area contributed by atoms with E-state index in [1.54, 1.807) is 0 Å². The van der Waals surface area contributed by atoms with Gasteiger partial charge >= 0.3 is 0 Å². The Balaban J connectivity index is 0.000000246. The molecule has 0 bridgehead atoms. The van der Waals surface area contributed by atoms with Gasteiger partial charge in [-0.25, -0.2) is 0 Å². The lowest BCUT2D eigenvalue weighted by atomic mass is 9.67. The highest BCUT2D eigenvalue weighted by Gasteiger charge is 2.46. The van der Waals surface area contributed by atoms with Gasteiger partial charge in [-0.1, -0.05) is 278 Å². The van der Waals surface area contributed by atoms with Gasteiger partial charge in [-0.15, -0.1) is 0 Å². The van der Waals surface area contributed by atoms with Gasteiger partial charge in [0, 0.05) is 16.5 Å². The Morgan fingerprint density at radius 2 is 1.00 bits per heavy atom. The highest BCUT2D eigenvalue weighted by Crippen LogP contribution is 2.56. The van der Waals surface area contributed by atoms with E-state index in [4.69, 9.17) is 0 Å². The third kappa shape index (κ3) is 9.58. The average molecular weight is 926 g/mol. The van der Waals surface area contributed by atoms with Gasteiger partial charge in [0.05, 0.1) is 16.4 Å². The van der Waals surface area contributed by atoms with Crippen LogP contribution in [0.15, 0.2) is 286 Å². The van der Waals surface area contributed by atoms with Crippen LogP contribution in [0.2, 0.25) is 0 Å². The summed E-state index contributed by atoms with van der Waals surface area (Å²) < 4.78 is 2.47. The summed E-state index contributed by atoms with van der Waals surface area (Å²) in [5, 5.41) is 2.50. The summed E-state index contributed by atoms with van der Waals surface area (Å²) in [6.07, 6.45) is 9.00. The van der Waals surface area contributed by atoms with Gasteiger partial charge < -0.3 is 4.57 Å². The third-order valence-corrected chi connectivity index (χ3v) is 13.9. The number of fused-ring (bicyclic) bond motifs is 6. The van der Waals surface area contributed by atoms with Crippen LogP contribution in [0.5, 0.6) is 0 Å². The normalized spacial score (nSPS) is 12.3. The number of hydrogen-bond donors (Lipinski definition) is 0. The number of aryl methyl sites for hydroxylation is 3. The van der Waals surface area contributed by atoms with Gasteiger partial charge in [0.1, 0.15) is 0 Å². The van der Waals surface area contributed by atoms with Crippen LogP contribution in [0.1, 0.15) is 50.1 Å². The quantitative estimate of drug-likeness (QED) is 0.127. The Morgan fingerprint density at radius 3 is 1.67 bits per heavy atom. The van der Waals surface area contributed by atoms with Crippen LogP contribution in [0.25, 0.3) is 55.3 Å². The van der Waals surface area contributed by atoms with Gasteiger partial charge in [0.25, 0.3) is 0 Å². The fraction of sp³-hybridized carbons (Fsp3) is 0.0704. The Kier molecular flexibility index (Phi) is 14.0. The van der Waals surface area contributed by atoms with E-state index in [9.17, 15) is 0 Å². The van der Waals surface area contributed by atoms with Crippen molar-refractivity contribution in [3.05, 3.63) is 336 Å². The van der Waals surface area contributed by atoms with Crippen molar-refractivity contribution < 1.29 is 0 Å². The maximum Gasteiger partial charge on any atom is 0.0714 e. The predicted octanol–water partition coefficient (Wildman–Crippen LogP) is 18.5. The Labute approximate surface area is 426 Å². The van der Waals surface area contributed by atoms with Crippen molar-refractivity contribution in [2.24, 2.45) is 0 Å². The van der Waals surface area contributed by atoms with Crippen LogP contribution in [0.3, 0.4) is 0 Å². The van der Waals surface area contributed by atoms with Gasteiger partial charge in [-0.3, -0.25) is 0 Å². The van der Waals surface area contributed by atoms with Gasteiger partial charge in [0.15, 0.2) is 0 Å². The van der Waals surface area contributed by atoms with E-state index < -0.39 is 5.41 Å². The number of hydrogen-bond acceptors (Lipinski definition) is 0. The third-order valence-electron chi connectivity index (χ3n) is 13.9. The van der Waals surface area contributed by atoms with E-state index in [0.717, 1.165) is 12.1 Å². The van der Waals surface area contributed by atoms with E-state index in [1.807, 2.05) is 36.4 Å². The number of benzene rings is 10. The minimum atomic E-state index is -0.462. The Hall–Kier alpha value is -8.78. The molecular formula is C71H59N. The Morgan fingerprint density at radius 1 is 0.431 bits per heavy atom. The molecule has 1 aliphatic carbocycles. The lowest BCUT2D eigenvalue weighted by Gasteiger charge is -2.34. The summed E-state index contributed by atoms with van der Waals surface area (Å²) in [5.74, 6) is 0. The van der Waals surface area contributed by atoms with Crippen LogP contribution < -0.4 is 0 Å². The van der Waals surface area contributed by atoms with Crippen molar-refractivity contribution >= 4 is 27.4 Å². The molecule has 0 unspecified atom stereocenters. The minimum absolute atomic E-state index is 0.462. The fourth-order valence-electron chi connectivity index (χ4n) is 10.4. The first kappa shape index (κ1) is 46.9. The fourth-order valence-corrected chi connectivity index (χ4v) is 10.4. The number of rotatable bonds is 9. The lowest BCUT2D eigenvalue weighted by molar-refractivity contribution is 0.767. The van der Waals surface area contributed by atoms with Gasteiger partial charge in [0.2, 0.25) is 0 Å². The summed E-state index contributed by atoms with van der Waals surface area (Å²) in [7, 11) is 0. The molecule has 12 rings (SSSR count). The molecule has 0 spiro atoms. The average Bonchev–Trinajstić information content (AvgIpc) is 3.92. The van der Waals surface area contributed by atoms with Crippen molar-refractivity contribution in [3.63, 3.8) is 0 Å². The van der Waals surface area contributed by atoms with Crippen LogP contribution in [-0.4, -0.2) is 4.57 Å². The number of allylic oxidation sites excluding steroid dienone is 5. The molecule has 1 aliphatic rings. The first-order chi connectivity index (χ1) is 35.4. The summed E-state index contributed by atoms with van der Waals surface area (Å²) >= 11 is 0. The van der Waals surface area contributed by atoms with Crippen LogP contribution in [-0.2, 0) is 11.8 Å². The molecule has 0 aliphatic heterocycles. The topological polar surface area (TPSA) is 4.93 Å². The first-order valence-corrected chi connectivity index (χ1v) is 25.0. The molecule has 1 heterocycles. The molecule has 0 saturated carbocycles. The molecule has 10 aromatic carbocycles. The van der Waals surface area contributed by atoms with Gasteiger partial charge in [-0.05, 0) is 113 Å². The summed E-state index contributed by atoms with van der Waals surface area (Å²) in [6.45, 7) is 10.2. The predicted molar refractivity (Wildman–Crippen MR) is 308 cm³/mol. The minimum Gasteiger partial charge on any atom is -0.309 e. The van der Waals surface area contributed by atoms with Crippen LogP contribution in [0, 0.1) is 20.8 Å². The maximum absolute atomic E-state index is 3.90. The molecule has 1 nitrogen and oxygen atoms in total. The first-order valence-electron chi connectivity index (χ1n) is 25.0. The Bertz CT molecular complexity index is 3630. The monoisotopic (exact) mass is 925 g/mol. The standard InChI is InChI=1S/C51H39N.C13H12.C7H8/c1-3-4-7-16-38(33-37-27-25-36(2)26-28-37)39-29-31-46-45-22-13-15-24-49(45)52(50(46)34-39)42-30-32-44-43-21-12-14-23-47(43)51(48(44)35-42,40-17-8-5-9-18-40)41-19-10-6-11-20-41;1-11-6-5-9-13(10-11)12-7-3-2-4-8-12;1-7-5-3-2-4-6-7/h3-32,34-35H,1,33H2,2H3;2-10H,1H3;2-6H,1H3/b7-4-,38-16+;;. The SMILES string of the molecule is C=C/C=C\C=C(/Cc1ccc(C)cc1)c1ccc2c3ccccc3n(-c3ccc4c(c3)C(c3ccccc3)(c3ccccc3)c3ccccc3-4)c2c1.Cc1cccc(-c2ccccc2)c1.Cc1ccccc1. The van der Waals surface area contributed by atoms with Crippen molar-refractivity contribution in [2.45, 2.75) is 32.6 Å². The number of nitrogens with zero attached hydrogens (tertiary/aromatic N) is 1. The summed E-state index contributed by atoms with van der Waals surface area (Å²) in [4.78, 5) is 0. The largest absolute Gasteiger partial charge is 0.309 e. The lowest BCUT2D eigenvalue weighted by Crippen LogP contribution is -2.28. The van der Waals surface area contributed by atoms with Crippen molar-refractivity contribution in [2.75, 3.05) is 0 Å². The molecule has 72 heavy (non-hydrogen) atoms. The molecule has 0 N–H and O–H groups in total. The van der Waals surface area contributed by atoms with Gasteiger partial charge in [-0.2, -0.15) is 0 Å². The molecule has 0 fully saturated rings. The molecular weight excluding hydrogens is 867 g/mol. The zero-order valence-electron chi connectivity index (χ0n) is 41.4. The van der Waals surface area contributed by atoms with Crippen molar-refractivity contribution in [3.8, 4) is 27.9 Å². The zero-order valence-corrected chi connectivity index (χ0v) is 41.4. The molecule has 348 valence electrons. The highest BCUT2D eigenvalue weighted by atomic mass is 15.0. The van der Waals surface area contributed by atoms with Crippen molar-refractivity contribution in [1.29, 1.82) is 0 Å². The highest BCUT2D eigenvalue weighted by molar-refractivity contribution is 6.10. The van der Waals surface area contributed by atoms with E-state index in [0.29, 0.717) is 0 Å². The number of para-hydroxylation sites is 1. The second-order valence-corrected chi connectivity index (χ2v) is 18.7. The van der Waals surface area contributed by atoms with E-state index in [1.165, 1.54) is 99.7 Å². The van der Waals surface area contributed by atoms with Crippen LogP contribution >= 0.6 is 0 Å². The second kappa shape index (κ2) is 21.5. The molecule has 0 atom stereocenters. The second-order valence-electron chi connectivity index (χ2n) is 18.7. The molecule has 0 saturated heterocycles.